The maximum atomic E-state index is 11.6. The van der Waals surface area contributed by atoms with Crippen molar-refractivity contribution in [3.8, 4) is 0 Å². The highest BCUT2D eigenvalue weighted by Gasteiger charge is 2.15. The Morgan fingerprint density at radius 2 is 1.90 bits per heavy atom. The van der Waals surface area contributed by atoms with E-state index < -0.39 is 5.91 Å². The number of benzene rings is 1. The van der Waals surface area contributed by atoms with Crippen molar-refractivity contribution < 1.29 is 4.79 Å². The van der Waals surface area contributed by atoms with Gasteiger partial charge in [0.25, 0.3) is 5.91 Å². The predicted molar refractivity (Wildman–Crippen MR) is 83.8 cm³/mol. The number of carbonyl (C=O) groups excluding carboxylic acids is 1. The van der Waals surface area contributed by atoms with E-state index in [0.717, 1.165) is 17.7 Å². The smallest absolute Gasteiger partial charge is 0.252 e. The summed E-state index contributed by atoms with van der Waals surface area (Å²) in [6.45, 7) is 3.86. The number of pyridine rings is 1. The minimum Gasteiger partial charge on any atom is -0.365 e. The summed E-state index contributed by atoms with van der Waals surface area (Å²) in [5, 5.41) is 0. The number of primary amides is 1. The van der Waals surface area contributed by atoms with Crippen LogP contribution in [-0.2, 0) is 13.1 Å². The van der Waals surface area contributed by atoms with Gasteiger partial charge in [-0.25, -0.2) is 4.98 Å². The molecule has 0 saturated carbocycles. The lowest BCUT2D eigenvalue weighted by Crippen LogP contribution is -2.27. The van der Waals surface area contributed by atoms with Gasteiger partial charge in [0.2, 0.25) is 0 Å². The number of nitrogens with two attached hydrogens (primary N) is 2. The van der Waals surface area contributed by atoms with Gasteiger partial charge in [0, 0.05) is 25.8 Å². The third-order valence-corrected chi connectivity index (χ3v) is 3.43. The number of hydrogen-bond donors (Lipinski definition) is 2. The van der Waals surface area contributed by atoms with E-state index in [1.807, 2.05) is 36.1 Å². The lowest BCUT2D eigenvalue weighted by atomic mass is 10.1. The Hall–Kier alpha value is -2.40. The van der Waals surface area contributed by atoms with E-state index in [1.54, 1.807) is 18.3 Å². The van der Waals surface area contributed by atoms with Crippen LogP contribution in [0.15, 0.2) is 42.6 Å². The normalized spacial score (nSPS) is 10.4. The Bertz CT molecular complexity index is 627. The molecule has 21 heavy (non-hydrogen) atoms. The average Bonchev–Trinajstić information content (AvgIpc) is 2.53. The highest BCUT2D eigenvalue weighted by Crippen LogP contribution is 2.20. The zero-order chi connectivity index (χ0) is 15.2. The Morgan fingerprint density at radius 3 is 2.52 bits per heavy atom. The van der Waals surface area contributed by atoms with Gasteiger partial charge in [-0.05, 0) is 30.2 Å². The first-order chi connectivity index (χ1) is 10.2. The zero-order valence-corrected chi connectivity index (χ0v) is 12.1. The Balaban J connectivity index is 2.35. The summed E-state index contributed by atoms with van der Waals surface area (Å²) in [5.74, 6) is 0.142. The molecule has 110 valence electrons. The van der Waals surface area contributed by atoms with Crippen LogP contribution in [0.2, 0.25) is 0 Å². The SMILES string of the molecule is CCN(Cc1ccccc1CN)c1ncccc1C(N)=O. The molecular weight excluding hydrogens is 264 g/mol. The minimum atomic E-state index is -0.469. The molecule has 0 spiro atoms. The fraction of sp³-hybridized carbons (Fsp3) is 0.250. The number of anilines is 1. The molecule has 0 aliphatic heterocycles. The molecule has 0 atom stereocenters. The van der Waals surface area contributed by atoms with Crippen LogP contribution in [-0.4, -0.2) is 17.4 Å². The molecular formula is C16H20N4O. The molecule has 0 fully saturated rings. The molecule has 1 heterocycles. The van der Waals surface area contributed by atoms with Crippen molar-refractivity contribution in [3.63, 3.8) is 0 Å². The molecule has 0 aliphatic carbocycles. The summed E-state index contributed by atoms with van der Waals surface area (Å²) in [4.78, 5) is 17.9. The maximum Gasteiger partial charge on any atom is 0.252 e. The summed E-state index contributed by atoms with van der Waals surface area (Å²) < 4.78 is 0. The number of amides is 1. The van der Waals surface area contributed by atoms with E-state index in [2.05, 4.69) is 4.98 Å². The summed E-state index contributed by atoms with van der Waals surface area (Å²) in [7, 11) is 0. The van der Waals surface area contributed by atoms with Crippen LogP contribution in [0.25, 0.3) is 0 Å². The van der Waals surface area contributed by atoms with Crippen LogP contribution in [0.1, 0.15) is 28.4 Å². The van der Waals surface area contributed by atoms with E-state index in [0.29, 0.717) is 24.5 Å². The molecule has 1 aromatic carbocycles. The first-order valence-electron chi connectivity index (χ1n) is 6.94. The van der Waals surface area contributed by atoms with Gasteiger partial charge in [-0.15, -0.1) is 0 Å². The highest BCUT2D eigenvalue weighted by atomic mass is 16.1. The van der Waals surface area contributed by atoms with Gasteiger partial charge < -0.3 is 16.4 Å². The van der Waals surface area contributed by atoms with Crippen molar-refractivity contribution in [2.75, 3.05) is 11.4 Å². The van der Waals surface area contributed by atoms with Gasteiger partial charge in [-0.1, -0.05) is 24.3 Å². The molecule has 2 rings (SSSR count). The van der Waals surface area contributed by atoms with E-state index in [4.69, 9.17) is 11.5 Å². The summed E-state index contributed by atoms with van der Waals surface area (Å²) in [6, 6.07) is 11.4. The fourth-order valence-electron chi connectivity index (χ4n) is 2.29. The Kier molecular flexibility index (Phi) is 4.90. The largest absolute Gasteiger partial charge is 0.365 e. The number of aromatic nitrogens is 1. The van der Waals surface area contributed by atoms with Crippen LogP contribution in [0.4, 0.5) is 5.82 Å². The summed E-state index contributed by atoms with van der Waals surface area (Å²) in [6.07, 6.45) is 1.67. The zero-order valence-electron chi connectivity index (χ0n) is 12.1. The first-order valence-corrected chi connectivity index (χ1v) is 6.94. The predicted octanol–water partition coefficient (Wildman–Crippen LogP) is 1.67. The molecule has 5 nitrogen and oxygen atoms in total. The number of carbonyl (C=O) groups is 1. The molecule has 5 heteroatoms. The number of hydrogen-bond acceptors (Lipinski definition) is 4. The second kappa shape index (κ2) is 6.85. The van der Waals surface area contributed by atoms with E-state index in [9.17, 15) is 4.79 Å². The average molecular weight is 284 g/mol. The van der Waals surface area contributed by atoms with E-state index in [1.165, 1.54) is 0 Å². The van der Waals surface area contributed by atoms with Crippen molar-refractivity contribution in [1.82, 2.24) is 4.98 Å². The third-order valence-electron chi connectivity index (χ3n) is 3.43. The van der Waals surface area contributed by atoms with E-state index in [-0.39, 0.29) is 0 Å². The molecule has 4 N–H and O–H groups in total. The number of rotatable bonds is 6. The van der Waals surface area contributed by atoms with Crippen LogP contribution in [0, 0.1) is 0 Å². The van der Waals surface area contributed by atoms with Crippen molar-refractivity contribution in [2.45, 2.75) is 20.0 Å². The van der Waals surface area contributed by atoms with Crippen molar-refractivity contribution in [2.24, 2.45) is 11.5 Å². The molecule has 0 radical (unpaired) electrons. The van der Waals surface area contributed by atoms with Gasteiger partial charge in [-0.3, -0.25) is 4.79 Å². The van der Waals surface area contributed by atoms with Gasteiger partial charge in [-0.2, -0.15) is 0 Å². The molecule has 1 amide bonds. The van der Waals surface area contributed by atoms with Crippen LogP contribution >= 0.6 is 0 Å². The molecule has 2 aromatic rings. The lowest BCUT2D eigenvalue weighted by Gasteiger charge is -2.24. The van der Waals surface area contributed by atoms with Crippen LogP contribution < -0.4 is 16.4 Å². The topological polar surface area (TPSA) is 85.2 Å². The monoisotopic (exact) mass is 284 g/mol. The summed E-state index contributed by atoms with van der Waals surface area (Å²) in [5.41, 5.74) is 13.9. The standard InChI is InChI=1S/C16H20N4O/c1-2-20(11-13-7-4-3-6-12(13)10-17)16-14(15(18)21)8-5-9-19-16/h3-9H,2,10-11,17H2,1H3,(H2,18,21). The molecule has 0 aliphatic rings. The van der Waals surface area contributed by atoms with Gasteiger partial charge in [0.15, 0.2) is 0 Å². The quantitative estimate of drug-likeness (QED) is 0.845. The van der Waals surface area contributed by atoms with Gasteiger partial charge >= 0.3 is 0 Å². The highest BCUT2D eigenvalue weighted by molar-refractivity contribution is 5.97. The van der Waals surface area contributed by atoms with Crippen molar-refractivity contribution >= 4 is 11.7 Å². The molecule has 0 saturated heterocycles. The van der Waals surface area contributed by atoms with Crippen LogP contribution in [0.5, 0.6) is 0 Å². The second-order valence-corrected chi connectivity index (χ2v) is 4.73. The Labute approximate surface area is 124 Å². The van der Waals surface area contributed by atoms with E-state index >= 15 is 0 Å². The van der Waals surface area contributed by atoms with Crippen molar-refractivity contribution in [1.29, 1.82) is 0 Å². The van der Waals surface area contributed by atoms with Crippen LogP contribution in [0.3, 0.4) is 0 Å². The minimum absolute atomic E-state index is 0.435. The lowest BCUT2D eigenvalue weighted by molar-refractivity contribution is 0.100. The van der Waals surface area contributed by atoms with Gasteiger partial charge in [0.1, 0.15) is 5.82 Å². The number of nitrogens with zero attached hydrogens (tertiary/aromatic N) is 2. The maximum absolute atomic E-state index is 11.6. The first kappa shape index (κ1) is 15.0. The Morgan fingerprint density at radius 1 is 1.19 bits per heavy atom. The molecule has 0 bridgehead atoms. The fourth-order valence-corrected chi connectivity index (χ4v) is 2.29. The third kappa shape index (κ3) is 3.38. The van der Waals surface area contributed by atoms with Gasteiger partial charge in [0.05, 0.1) is 5.56 Å². The van der Waals surface area contributed by atoms with Crippen molar-refractivity contribution in [3.05, 3.63) is 59.3 Å². The second-order valence-electron chi connectivity index (χ2n) is 4.73. The summed E-state index contributed by atoms with van der Waals surface area (Å²) >= 11 is 0. The molecule has 1 aromatic heterocycles. The molecule has 0 unspecified atom stereocenters.